The summed E-state index contributed by atoms with van der Waals surface area (Å²) in [7, 11) is 0. The van der Waals surface area contributed by atoms with Crippen molar-refractivity contribution < 1.29 is 18.0 Å². The van der Waals surface area contributed by atoms with Gasteiger partial charge in [0, 0.05) is 11.9 Å². The molecule has 0 aliphatic carbocycles. The monoisotopic (exact) mass is 337 g/mol. The van der Waals surface area contributed by atoms with Gasteiger partial charge in [-0.1, -0.05) is 23.2 Å². The van der Waals surface area contributed by atoms with Gasteiger partial charge >= 0.3 is 6.18 Å². The van der Waals surface area contributed by atoms with Crippen LogP contribution < -0.4 is 5.32 Å². The van der Waals surface area contributed by atoms with Gasteiger partial charge in [0.05, 0.1) is 10.0 Å². The lowest BCUT2D eigenvalue weighted by Gasteiger charge is -2.06. The van der Waals surface area contributed by atoms with E-state index in [0.717, 1.165) is 16.9 Å². The number of benzene rings is 1. The number of halogens is 5. The first-order valence-corrected chi connectivity index (χ1v) is 6.37. The Balaban J connectivity index is 2.01. The molecule has 0 aliphatic rings. The molecule has 0 unspecified atom stereocenters. The van der Waals surface area contributed by atoms with Gasteiger partial charge in [-0.25, -0.2) is 0 Å². The highest BCUT2D eigenvalue weighted by Crippen LogP contribution is 2.27. The number of hydrogen-bond acceptors (Lipinski definition) is 2. The molecule has 0 aliphatic heterocycles. The molecule has 4 nitrogen and oxygen atoms in total. The van der Waals surface area contributed by atoms with Gasteiger partial charge in [-0.05, 0) is 24.3 Å². The third kappa shape index (κ3) is 4.12. The summed E-state index contributed by atoms with van der Waals surface area (Å²) in [5.41, 5.74) is -0.664. The molecule has 1 aromatic heterocycles. The van der Waals surface area contributed by atoms with Crippen LogP contribution in [0, 0.1) is 0 Å². The first-order valence-electron chi connectivity index (χ1n) is 5.61. The van der Waals surface area contributed by atoms with Crippen LogP contribution in [0.4, 0.5) is 18.9 Å². The van der Waals surface area contributed by atoms with Gasteiger partial charge in [0.2, 0.25) is 5.91 Å². The number of hydrogen-bond donors (Lipinski definition) is 1. The van der Waals surface area contributed by atoms with Crippen LogP contribution in [0.2, 0.25) is 10.0 Å². The number of carbonyl (C=O) groups excluding carboxylic acids is 1. The second-order valence-electron chi connectivity index (χ2n) is 4.07. The zero-order valence-corrected chi connectivity index (χ0v) is 11.8. The number of nitrogens with zero attached hydrogens (tertiary/aromatic N) is 2. The van der Waals surface area contributed by atoms with Crippen LogP contribution in [0.1, 0.15) is 5.69 Å². The highest BCUT2D eigenvalue weighted by Gasteiger charge is 2.33. The van der Waals surface area contributed by atoms with Crippen molar-refractivity contribution in [3.05, 3.63) is 46.2 Å². The summed E-state index contributed by atoms with van der Waals surface area (Å²) in [6.07, 6.45) is -3.46. The number of amides is 1. The Labute approximate surface area is 127 Å². The van der Waals surface area contributed by atoms with Crippen molar-refractivity contribution in [3.63, 3.8) is 0 Å². The zero-order valence-electron chi connectivity index (χ0n) is 10.3. The summed E-state index contributed by atoms with van der Waals surface area (Å²) in [6.45, 7) is -0.351. The van der Waals surface area contributed by atoms with E-state index in [9.17, 15) is 18.0 Å². The fraction of sp³-hybridized carbons (Fsp3) is 0.167. The molecule has 0 bridgehead atoms. The number of aromatic nitrogens is 2. The normalized spacial score (nSPS) is 11.5. The average Bonchev–Trinajstić information content (AvgIpc) is 2.82. The van der Waals surface area contributed by atoms with Crippen molar-refractivity contribution in [2.75, 3.05) is 5.32 Å². The van der Waals surface area contributed by atoms with Crippen molar-refractivity contribution in [1.29, 1.82) is 0 Å². The number of alkyl halides is 3. The highest BCUT2D eigenvalue weighted by atomic mass is 35.5. The molecule has 21 heavy (non-hydrogen) atoms. The molecule has 0 atom stereocenters. The van der Waals surface area contributed by atoms with Crippen LogP contribution >= 0.6 is 23.2 Å². The van der Waals surface area contributed by atoms with Crippen molar-refractivity contribution >= 4 is 34.8 Å². The third-order valence-electron chi connectivity index (χ3n) is 2.44. The Hall–Kier alpha value is -1.73. The van der Waals surface area contributed by atoms with Crippen LogP contribution in [0.15, 0.2) is 30.5 Å². The first-order chi connectivity index (χ1) is 9.75. The number of rotatable bonds is 3. The largest absolute Gasteiger partial charge is 0.435 e. The average molecular weight is 338 g/mol. The van der Waals surface area contributed by atoms with Crippen LogP contribution in [0.25, 0.3) is 0 Å². The SMILES string of the molecule is O=C(Cn1ccc(C(F)(F)F)n1)Nc1ccc(Cl)c(Cl)c1. The maximum atomic E-state index is 12.4. The van der Waals surface area contributed by atoms with Gasteiger partial charge in [-0.15, -0.1) is 0 Å². The molecule has 9 heteroatoms. The van der Waals surface area contributed by atoms with Gasteiger partial charge in [-0.2, -0.15) is 18.3 Å². The molecular weight excluding hydrogens is 330 g/mol. The predicted molar refractivity (Wildman–Crippen MR) is 72.3 cm³/mol. The Morgan fingerprint density at radius 2 is 1.95 bits per heavy atom. The molecule has 112 valence electrons. The van der Waals surface area contributed by atoms with E-state index in [2.05, 4.69) is 10.4 Å². The standard InChI is InChI=1S/C12H8Cl2F3N3O/c13-8-2-1-7(5-9(8)14)18-11(21)6-20-4-3-10(19-20)12(15,16)17/h1-5H,6H2,(H,18,21). The Kier molecular flexibility index (Phi) is 4.43. The molecular formula is C12H8Cl2F3N3O. The minimum atomic E-state index is -4.54. The van der Waals surface area contributed by atoms with Crippen molar-refractivity contribution in [3.8, 4) is 0 Å². The molecule has 0 spiro atoms. The molecule has 1 aromatic carbocycles. The molecule has 0 saturated heterocycles. The molecule has 1 N–H and O–H groups in total. The van der Waals surface area contributed by atoms with Gasteiger partial charge in [-0.3, -0.25) is 9.48 Å². The van der Waals surface area contributed by atoms with Gasteiger partial charge in [0.15, 0.2) is 5.69 Å². The lowest BCUT2D eigenvalue weighted by Crippen LogP contribution is -2.19. The number of nitrogens with one attached hydrogen (secondary N) is 1. The molecule has 1 amide bonds. The van der Waals surface area contributed by atoms with Gasteiger partial charge < -0.3 is 5.32 Å². The third-order valence-corrected chi connectivity index (χ3v) is 3.18. The zero-order chi connectivity index (χ0) is 15.6. The fourth-order valence-corrected chi connectivity index (χ4v) is 1.82. The van der Waals surface area contributed by atoms with Gasteiger partial charge in [0.1, 0.15) is 6.54 Å². The lowest BCUT2D eigenvalue weighted by atomic mass is 10.3. The smallest absolute Gasteiger partial charge is 0.324 e. The van der Waals surface area contributed by atoms with E-state index >= 15 is 0 Å². The van der Waals surface area contributed by atoms with Gasteiger partial charge in [0.25, 0.3) is 0 Å². The lowest BCUT2D eigenvalue weighted by molar-refractivity contribution is -0.141. The maximum Gasteiger partial charge on any atom is 0.435 e. The second-order valence-corrected chi connectivity index (χ2v) is 4.89. The first kappa shape index (κ1) is 15.7. The summed E-state index contributed by atoms with van der Waals surface area (Å²) in [6, 6.07) is 5.25. The van der Waals surface area contributed by atoms with E-state index in [1.165, 1.54) is 18.2 Å². The van der Waals surface area contributed by atoms with E-state index in [4.69, 9.17) is 23.2 Å². The quantitative estimate of drug-likeness (QED) is 0.924. The Morgan fingerprint density at radius 3 is 2.52 bits per heavy atom. The van der Waals surface area contributed by atoms with E-state index in [0.29, 0.717) is 10.7 Å². The maximum absolute atomic E-state index is 12.4. The predicted octanol–water partition coefficient (Wildman–Crippen LogP) is 3.85. The molecule has 0 fully saturated rings. The fourth-order valence-electron chi connectivity index (χ4n) is 1.52. The second kappa shape index (κ2) is 5.95. The van der Waals surface area contributed by atoms with Crippen LogP contribution in [0.3, 0.4) is 0 Å². The summed E-state index contributed by atoms with van der Waals surface area (Å²) >= 11 is 11.5. The molecule has 0 saturated carbocycles. The summed E-state index contributed by atoms with van der Waals surface area (Å²) in [5, 5.41) is 6.35. The molecule has 0 radical (unpaired) electrons. The Morgan fingerprint density at radius 1 is 1.24 bits per heavy atom. The minimum absolute atomic E-state index is 0.257. The molecule has 1 heterocycles. The van der Waals surface area contributed by atoms with Crippen LogP contribution in [-0.4, -0.2) is 15.7 Å². The topological polar surface area (TPSA) is 46.9 Å². The molecule has 2 rings (SSSR count). The minimum Gasteiger partial charge on any atom is -0.324 e. The summed E-state index contributed by atoms with van der Waals surface area (Å²) < 4.78 is 38.0. The van der Waals surface area contributed by atoms with E-state index in [-0.39, 0.29) is 11.6 Å². The summed E-state index contributed by atoms with van der Waals surface area (Å²) in [4.78, 5) is 11.7. The van der Waals surface area contributed by atoms with E-state index in [1.807, 2.05) is 0 Å². The van der Waals surface area contributed by atoms with E-state index < -0.39 is 17.8 Å². The number of carbonyl (C=O) groups is 1. The Bertz CT molecular complexity index is 670. The van der Waals surface area contributed by atoms with Crippen LogP contribution in [-0.2, 0) is 17.5 Å². The highest BCUT2D eigenvalue weighted by molar-refractivity contribution is 6.42. The summed E-state index contributed by atoms with van der Waals surface area (Å²) in [5.74, 6) is -0.537. The van der Waals surface area contributed by atoms with Crippen LogP contribution in [0.5, 0.6) is 0 Å². The molecule has 2 aromatic rings. The number of anilines is 1. The van der Waals surface area contributed by atoms with Crippen molar-refractivity contribution in [2.24, 2.45) is 0 Å². The van der Waals surface area contributed by atoms with Crippen molar-refractivity contribution in [1.82, 2.24) is 9.78 Å². The van der Waals surface area contributed by atoms with E-state index in [1.54, 1.807) is 0 Å². The van der Waals surface area contributed by atoms with Crippen molar-refractivity contribution in [2.45, 2.75) is 12.7 Å².